The Labute approximate surface area is 116 Å². The van der Waals surface area contributed by atoms with E-state index < -0.39 is 9.84 Å². The quantitative estimate of drug-likeness (QED) is 0.837. The van der Waals surface area contributed by atoms with E-state index in [2.05, 4.69) is 15.3 Å². The summed E-state index contributed by atoms with van der Waals surface area (Å²) >= 11 is 5.75. The van der Waals surface area contributed by atoms with Gasteiger partial charge in [0.2, 0.25) is 11.3 Å². The Balaban J connectivity index is 2.37. The van der Waals surface area contributed by atoms with E-state index in [0.29, 0.717) is 18.3 Å². The number of anilines is 1. The largest absolute Gasteiger partial charge is 0.326 e. The van der Waals surface area contributed by atoms with Crippen LogP contribution in [0.1, 0.15) is 0 Å². The van der Waals surface area contributed by atoms with Crippen molar-refractivity contribution in [1.29, 1.82) is 0 Å². The van der Waals surface area contributed by atoms with E-state index in [9.17, 15) is 8.42 Å². The number of nitrogens with zero attached hydrogens (tertiary/aromatic N) is 3. The van der Waals surface area contributed by atoms with Crippen LogP contribution in [0.5, 0.6) is 0 Å². The zero-order chi connectivity index (χ0) is 14.0. The van der Waals surface area contributed by atoms with Crippen molar-refractivity contribution in [2.75, 3.05) is 25.3 Å². The van der Waals surface area contributed by atoms with Crippen molar-refractivity contribution >= 4 is 38.4 Å². The van der Waals surface area contributed by atoms with Gasteiger partial charge in [-0.3, -0.25) is 0 Å². The van der Waals surface area contributed by atoms with Gasteiger partial charge in [-0.2, -0.15) is 4.99 Å². The molecule has 1 aliphatic rings. The molecule has 6 nitrogen and oxygen atoms in total. The third-order valence-corrected chi connectivity index (χ3v) is 3.87. The van der Waals surface area contributed by atoms with Gasteiger partial charge in [0, 0.05) is 13.3 Å². The number of nitrogens with one attached hydrogen (secondary N) is 1. The van der Waals surface area contributed by atoms with Crippen molar-refractivity contribution in [3.8, 4) is 0 Å². The molecule has 0 atom stereocenters. The van der Waals surface area contributed by atoms with Crippen LogP contribution in [0.25, 0.3) is 0 Å². The highest BCUT2D eigenvalue weighted by atomic mass is 35.5. The van der Waals surface area contributed by atoms with Crippen molar-refractivity contribution in [3.05, 3.63) is 24.3 Å². The van der Waals surface area contributed by atoms with Crippen LogP contribution < -0.4 is 5.32 Å². The molecule has 1 aliphatic heterocycles. The van der Waals surface area contributed by atoms with Gasteiger partial charge in [-0.1, -0.05) is 12.1 Å². The molecule has 0 bridgehead atoms. The van der Waals surface area contributed by atoms with Gasteiger partial charge in [-0.15, -0.1) is 0 Å². The summed E-state index contributed by atoms with van der Waals surface area (Å²) in [6.45, 7) is 0.367. The van der Waals surface area contributed by atoms with Crippen LogP contribution in [0.4, 0.5) is 5.69 Å². The molecule has 8 heteroatoms. The van der Waals surface area contributed by atoms with E-state index in [-0.39, 0.29) is 10.2 Å². The number of benzene rings is 1. The fraction of sp³-hybridized carbons (Fsp3) is 0.273. The van der Waals surface area contributed by atoms with Gasteiger partial charge in [0.1, 0.15) is 6.67 Å². The summed E-state index contributed by atoms with van der Waals surface area (Å²) in [7, 11) is -1.54. The molecule has 1 aromatic carbocycles. The number of halogens is 1. The zero-order valence-corrected chi connectivity index (χ0v) is 12.0. The molecule has 0 aromatic heterocycles. The van der Waals surface area contributed by atoms with Crippen LogP contribution in [0, 0.1) is 0 Å². The summed E-state index contributed by atoms with van der Waals surface area (Å²) < 4.78 is 23.4. The zero-order valence-electron chi connectivity index (χ0n) is 10.5. The van der Waals surface area contributed by atoms with Gasteiger partial charge < -0.3 is 10.2 Å². The van der Waals surface area contributed by atoms with Crippen LogP contribution >= 0.6 is 11.6 Å². The van der Waals surface area contributed by atoms with Gasteiger partial charge >= 0.3 is 0 Å². The molecular formula is C11H13ClN4O2S. The first-order chi connectivity index (χ1) is 8.88. The lowest BCUT2D eigenvalue weighted by Crippen LogP contribution is -2.36. The average Bonchev–Trinajstić information content (AvgIpc) is 2.33. The Morgan fingerprint density at radius 1 is 1.37 bits per heavy atom. The number of rotatable bonds is 2. The summed E-state index contributed by atoms with van der Waals surface area (Å²) in [6.07, 6.45) is 1.16. The summed E-state index contributed by atoms with van der Waals surface area (Å²) in [4.78, 5) is 9.91. The first kappa shape index (κ1) is 13.8. The van der Waals surface area contributed by atoms with E-state index >= 15 is 0 Å². The average molecular weight is 301 g/mol. The third kappa shape index (κ3) is 3.24. The summed E-state index contributed by atoms with van der Waals surface area (Å²) in [5, 5.41) is 3.10. The molecule has 0 radical (unpaired) electrons. The molecule has 0 unspecified atom stereocenters. The first-order valence-corrected chi connectivity index (χ1v) is 7.71. The minimum Gasteiger partial charge on any atom is -0.326 e. The molecule has 0 fully saturated rings. The van der Waals surface area contributed by atoms with Crippen LogP contribution in [0.2, 0.25) is 0 Å². The molecule has 0 spiro atoms. The van der Waals surface area contributed by atoms with E-state index in [1.807, 2.05) is 0 Å². The molecule has 1 aromatic rings. The van der Waals surface area contributed by atoms with Crippen LogP contribution in [0.15, 0.2) is 39.1 Å². The molecule has 2 rings (SSSR count). The second kappa shape index (κ2) is 5.18. The van der Waals surface area contributed by atoms with Gasteiger partial charge in [0.25, 0.3) is 0 Å². The molecule has 0 aliphatic carbocycles. The molecule has 102 valence electrons. The third-order valence-electron chi connectivity index (χ3n) is 2.51. The molecular weight excluding hydrogens is 288 g/mol. The Morgan fingerprint density at radius 2 is 2.05 bits per heavy atom. The van der Waals surface area contributed by atoms with Gasteiger partial charge in [-0.05, 0) is 23.7 Å². The highest BCUT2D eigenvalue weighted by molar-refractivity contribution is 7.90. The van der Waals surface area contributed by atoms with E-state index in [1.165, 1.54) is 6.07 Å². The second-order valence-electron chi connectivity index (χ2n) is 4.10. The minimum atomic E-state index is -3.31. The smallest absolute Gasteiger partial charge is 0.222 e. The lowest BCUT2D eigenvalue weighted by Gasteiger charge is -2.23. The Kier molecular flexibility index (Phi) is 3.77. The van der Waals surface area contributed by atoms with Gasteiger partial charge in [0.05, 0.1) is 10.6 Å². The number of para-hydroxylation sites is 1. The molecule has 0 saturated heterocycles. The Bertz CT molecular complexity index is 654. The lowest BCUT2D eigenvalue weighted by molar-refractivity contribution is 0.516. The van der Waals surface area contributed by atoms with Crippen LogP contribution in [-0.4, -0.2) is 44.5 Å². The SMILES string of the molecule is CN1CN=C(Cl)N=C1Nc1ccccc1S(C)(=O)=O. The molecule has 1 N–H and O–H groups in total. The predicted molar refractivity (Wildman–Crippen MR) is 76.5 cm³/mol. The standard InChI is InChI=1S/C11H13ClN4O2S/c1-16-7-13-10(12)15-11(16)14-8-5-3-4-6-9(8)19(2,17)18/h3-6H,7H2,1-2H3,(H,13,14,15). The lowest BCUT2D eigenvalue weighted by atomic mass is 10.3. The highest BCUT2D eigenvalue weighted by Gasteiger charge is 2.17. The van der Waals surface area contributed by atoms with Gasteiger partial charge in [-0.25, -0.2) is 13.4 Å². The number of hydrogen-bond acceptors (Lipinski definition) is 6. The van der Waals surface area contributed by atoms with E-state index in [0.717, 1.165) is 6.26 Å². The fourth-order valence-electron chi connectivity index (χ4n) is 1.58. The predicted octanol–water partition coefficient (Wildman–Crippen LogP) is 1.36. The van der Waals surface area contributed by atoms with E-state index in [1.54, 1.807) is 30.1 Å². The summed E-state index contributed by atoms with van der Waals surface area (Å²) in [5.74, 6) is 0.455. The maximum atomic E-state index is 11.7. The van der Waals surface area contributed by atoms with E-state index in [4.69, 9.17) is 11.6 Å². The van der Waals surface area contributed by atoms with Gasteiger partial charge in [0.15, 0.2) is 9.84 Å². The van der Waals surface area contributed by atoms with Crippen molar-refractivity contribution < 1.29 is 8.42 Å². The molecule has 0 amide bonds. The molecule has 1 heterocycles. The Hall–Kier alpha value is -1.60. The minimum absolute atomic E-state index is 0.137. The van der Waals surface area contributed by atoms with Crippen molar-refractivity contribution in [1.82, 2.24) is 4.90 Å². The van der Waals surface area contributed by atoms with Crippen molar-refractivity contribution in [2.24, 2.45) is 9.98 Å². The number of guanidine groups is 1. The normalized spacial score (nSPS) is 15.8. The number of hydrogen-bond donors (Lipinski definition) is 1. The monoisotopic (exact) mass is 300 g/mol. The first-order valence-electron chi connectivity index (χ1n) is 5.44. The summed E-state index contributed by atoms with van der Waals surface area (Å²) in [5.41, 5.74) is 0.460. The summed E-state index contributed by atoms with van der Waals surface area (Å²) in [6, 6.07) is 6.63. The second-order valence-corrected chi connectivity index (χ2v) is 6.42. The topological polar surface area (TPSA) is 74.1 Å². The number of aliphatic imine (C=N–C) groups is 2. The molecule has 19 heavy (non-hydrogen) atoms. The number of sulfone groups is 1. The fourth-order valence-corrected chi connectivity index (χ4v) is 2.55. The maximum Gasteiger partial charge on any atom is 0.222 e. The molecule has 0 saturated carbocycles. The van der Waals surface area contributed by atoms with Crippen molar-refractivity contribution in [2.45, 2.75) is 4.90 Å². The maximum absolute atomic E-state index is 11.7. The van der Waals surface area contributed by atoms with Crippen molar-refractivity contribution in [3.63, 3.8) is 0 Å². The number of amidine groups is 1. The van der Waals surface area contributed by atoms with Crippen LogP contribution in [0.3, 0.4) is 0 Å². The Morgan fingerprint density at radius 3 is 2.74 bits per heavy atom. The highest BCUT2D eigenvalue weighted by Crippen LogP contribution is 2.21. The van der Waals surface area contributed by atoms with Crippen LogP contribution in [-0.2, 0) is 9.84 Å².